The topological polar surface area (TPSA) is 55.3 Å². The van der Waals surface area contributed by atoms with Crippen LogP contribution in [0.1, 0.15) is 19.6 Å². The molecule has 0 aliphatic heterocycles. The van der Waals surface area contributed by atoms with Crippen LogP contribution >= 0.6 is 0 Å². The highest BCUT2D eigenvalue weighted by molar-refractivity contribution is 5.10. The summed E-state index contributed by atoms with van der Waals surface area (Å²) in [7, 11) is 2.03. The monoisotopic (exact) mass is 169 g/mol. The third-order valence-corrected chi connectivity index (χ3v) is 1.86. The summed E-state index contributed by atoms with van der Waals surface area (Å²) >= 11 is 0. The maximum Gasteiger partial charge on any atom is 0.292 e. The summed E-state index contributed by atoms with van der Waals surface area (Å²) in [5.74, 6) is 0.809. The molecule has 4 heteroatoms. The third-order valence-electron chi connectivity index (χ3n) is 1.86. The van der Waals surface area contributed by atoms with Crippen LogP contribution < -0.4 is 5.73 Å². The quantitative estimate of drug-likeness (QED) is 0.736. The van der Waals surface area contributed by atoms with Crippen LogP contribution in [-0.2, 0) is 6.54 Å². The highest BCUT2D eigenvalue weighted by Gasteiger charge is 2.07. The van der Waals surface area contributed by atoms with E-state index in [1.54, 1.807) is 6.20 Å². The van der Waals surface area contributed by atoms with Crippen LogP contribution in [-0.4, -0.2) is 23.0 Å². The van der Waals surface area contributed by atoms with Crippen LogP contribution in [0.25, 0.3) is 0 Å². The molecule has 0 fully saturated rings. The zero-order valence-corrected chi connectivity index (χ0v) is 7.74. The van der Waals surface area contributed by atoms with E-state index in [2.05, 4.69) is 23.7 Å². The molecule has 1 rings (SSSR count). The molecule has 0 unspecified atom stereocenters. The number of nitrogen functional groups attached to an aromatic ring is 1. The van der Waals surface area contributed by atoms with E-state index < -0.39 is 0 Å². The molecule has 0 saturated heterocycles. The number of rotatable bonds is 3. The average molecular weight is 169 g/mol. The van der Waals surface area contributed by atoms with Crippen LogP contribution in [0.15, 0.2) is 10.6 Å². The number of nitrogens with zero attached hydrogens (tertiary/aromatic N) is 2. The average Bonchev–Trinajstić information content (AvgIpc) is 2.35. The maximum absolute atomic E-state index is 5.33. The van der Waals surface area contributed by atoms with Crippen LogP contribution in [0.4, 0.5) is 6.01 Å². The standard InChI is InChI=1S/C8H15N3O/c1-6(2)11(3)5-7-4-10-8(9)12-7/h4,6H,5H2,1-3H3,(H2,9,10). The van der Waals surface area contributed by atoms with Crippen LogP contribution in [0.2, 0.25) is 0 Å². The third kappa shape index (κ3) is 2.23. The van der Waals surface area contributed by atoms with Crippen molar-refractivity contribution < 1.29 is 4.42 Å². The van der Waals surface area contributed by atoms with E-state index in [0.29, 0.717) is 6.04 Å². The van der Waals surface area contributed by atoms with Gasteiger partial charge in [0.2, 0.25) is 0 Å². The Morgan fingerprint density at radius 3 is 2.75 bits per heavy atom. The highest BCUT2D eigenvalue weighted by atomic mass is 16.4. The minimum absolute atomic E-state index is 0.238. The first kappa shape index (κ1) is 9.06. The molecule has 0 bridgehead atoms. The van der Waals surface area contributed by atoms with Crippen LogP contribution in [0.3, 0.4) is 0 Å². The summed E-state index contributed by atoms with van der Waals surface area (Å²) in [4.78, 5) is 5.97. The molecule has 1 aromatic rings. The Bertz CT molecular complexity index is 244. The van der Waals surface area contributed by atoms with Gasteiger partial charge in [-0.1, -0.05) is 0 Å². The van der Waals surface area contributed by atoms with Crippen molar-refractivity contribution >= 4 is 6.01 Å². The van der Waals surface area contributed by atoms with Gasteiger partial charge in [0.05, 0.1) is 12.7 Å². The largest absolute Gasteiger partial charge is 0.428 e. The van der Waals surface area contributed by atoms with E-state index in [0.717, 1.165) is 12.3 Å². The Kier molecular flexibility index (Phi) is 2.70. The second kappa shape index (κ2) is 3.58. The van der Waals surface area contributed by atoms with Gasteiger partial charge in [-0.2, -0.15) is 0 Å². The molecule has 0 aromatic carbocycles. The van der Waals surface area contributed by atoms with Crippen LogP contribution in [0, 0.1) is 0 Å². The van der Waals surface area contributed by atoms with Gasteiger partial charge in [-0.3, -0.25) is 4.90 Å². The zero-order chi connectivity index (χ0) is 9.14. The van der Waals surface area contributed by atoms with Crippen molar-refractivity contribution in [1.29, 1.82) is 0 Å². The summed E-state index contributed by atoms with van der Waals surface area (Å²) in [6.45, 7) is 5.00. The predicted octanol–water partition coefficient (Wildman–Crippen LogP) is 1.10. The van der Waals surface area contributed by atoms with Crippen molar-refractivity contribution in [2.45, 2.75) is 26.4 Å². The molecule has 0 amide bonds. The van der Waals surface area contributed by atoms with Crippen molar-refractivity contribution in [3.05, 3.63) is 12.0 Å². The number of aromatic nitrogens is 1. The Morgan fingerprint density at radius 1 is 1.67 bits per heavy atom. The molecule has 1 heterocycles. The van der Waals surface area contributed by atoms with E-state index in [4.69, 9.17) is 10.2 Å². The van der Waals surface area contributed by atoms with E-state index in [9.17, 15) is 0 Å². The zero-order valence-electron chi connectivity index (χ0n) is 7.74. The Labute approximate surface area is 72.4 Å². The maximum atomic E-state index is 5.33. The van der Waals surface area contributed by atoms with E-state index >= 15 is 0 Å². The summed E-state index contributed by atoms with van der Waals surface area (Å²) in [5, 5.41) is 0. The second-order valence-electron chi connectivity index (χ2n) is 3.17. The molecule has 0 atom stereocenters. The first-order chi connectivity index (χ1) is 5.59. The Balaban J connectivity index is 2.52. The molecular formula is C8H15N3O. The number of nitrogens with two attached hydrogens (primary N) is 1. The minimum Gasteiger partial charge on any atom is -0.428 e. The number of anilines is 1. The lowest BCUT2D eigenvalue weighted by Gasteiger charge is -2.18. The first-order valence-corrected chi connectivity index (χ1v) is 4.00. The SMILES string of the molecule is CC(C)N(C)Cc1cnc(N)o1. The first-order valence-electron chi connectivity index (χ1n) is 4.00. The summed E-state index contributed by atoms with van der Waals surface area (Å²) < 4.78 is 5.13. The van der Waals surface area contributed by atoms with E-state index in [1.165, 1.54) is 0 Å². The van der Waals surface area contributed by atoms with Crippen molar-refractivity contribution in [3.8, 4) is 0 Å². The number of hydrogen-bond acceptors (Lipinski definition) is 4. The molecule has 0 radical (unpaired) electrons. The smallest absolute Gasteiger partial charge is 0.292 e. The molecule has 0 spiro atoms. The fourth-order valence-electron chi connectivity index (χ4n) is 0.824. The van der Waals surface area contributed by atoms with Gasteiger partial charge in [0.1, 0.15) is 5.76 Å². The molecule has 2 N–H and O–H groups in total. The Hall–Kier alpha value is -1.03. The van der Waals surface area contributed by atoms with Crippen LogP contribution in [0.5, 0.6) is 0 Å². The molecular weight excluding hydrogens is 154 g/mol. The summed E-state index contributed by atoms with van der Waals surface area (Å²) in [6.07, 6.45) is 1.66. The van der Waals surface area contributed by atoms with Gasteiger partial charge in [-0.25, -0.2) is 4.98 Å². The lowest BCUT2D eigenvalue weighted by molar-refractivity contribution is 0.245. The molecule has 0 aliphatic carbocycles. The van der Waals surface area contributed by atoms with Gasteiger partial charge in [-0.15, -0.1) is 0 Å². The molecule has 68 valence electrons. The van der Waals surface area contributed by atoms with Gasteiger partial charge in [-0.05, 0) is 20.9 Å². The summed E-state index contributed by atoms with van der Waals surface area (Å²) in [6, 6.07) is 0.735. The van der Waals surface area contributed by atoms with Crippen molar-refractivity contribution in [3.63, 3.8) is 0 Å². The number of oxazole rings is 1. The van der Waals surface area contributed by atoms with Crippen molar-refractivity contribution in [2.24, 2.45) is 0 Å². The lowest BCUT2D eigenvalue weighted by atomic mass is 10.3. The number of hydrogen-bond donors (Lipinski definition) is 1. The molecule has 4 nitrogen and oxygen atoms in total. The fourth-order valence-corrected chi connectivity index (χ4v) is 0.824. The lowest BCUT2D eigenvalue weighted by Crippen LogP contribution is -2.25. The fraction of sp³-hybridized carbons (Fsp3) is 0.625. The van der Waals surface area contributed by atoms with E-state index in [-0.39, 0.29) is 6.01 Å². The minimum atomic E-state index is 0.238. The van der Waals surface area contributed by atoms with Crippen molar-refractivity contribution in [2.75, 3.05) is 12.8 Å². The molecule has 0 saturated carbocycles. The van der Waals surface area contributed by atoms with E-state index in [1.807, 2.05) is 7.05 Å². The second-order valence-corrected chi connectivity index (χ2v) is 3.17. The normalized spacial score (nSPS) is 11.4. The van der Waals surface area contributed by atoms with Gasteiger partial charge in [0.15, 0.2) is 0 Å². The van der Waals surface area contributed by atoms with Gasteiger partial charge in [0.25, 0.3) is 6.01 Å². The highest BCUT2D eigenvalue weighted by Crippen LogP contribution is 2.08. The van der Waals surface area contributed by atoms with Gasteiger partial charge < -0.3 is 10.2 Å². The molecule has 1 aromatic heterocycles. The van der Waals surface area contributed by atoms with Gasteiger partial charge >= 0.3 is 0 Å². The molecule has 12 heavy (non-hydrogen) atoms. The van der Waals surface area contributed by atoms with Crippen molar-refractivity contribution in [1.82, 2.24) is 9.88 Å². The summed E-state index contributed by atoms with van der Waals surface area (Å²) in [5.41, 5.74) is 5.33. The van der Waals surface area contributed by atoms with Gasteiger partial charge in [0, 0.05) is 6.04 Å². The molecule has 0 aliphatic rings. The predicted molar refractivity (Wildman–Crippen MR) is 47.5 cm³/mol. The Morgan fingerprint density at radius 2 is 2.33 bits per heavy atom.